The molecule has 0 N–H and O–H groups in total. The van der Waals surface area contributed by atoms with Gasteiger partial charge in [0.25, 0.3) is 0 Å². The Morgan fingerprint density at radius 1 is 0.697 bits per heavy atom. The highest BCUT2D eigenvalue weighted by atomic mass is 16.5. The summed E-state index contributed by atoms with van der Waals surface area (Å²) in [7, 11) is 0. The molecule has 2 rings (SSSR count). The molecule has 182 valence electrons. The Balaban J connectivity index is 1.62. The number of rotatable bonds is 19. The van der Waals surface area contributed by atoms with Crippen LogP contribution in [-0.4, -0.2) is 29.8 Å². The number of aryl methyl sites for hydroxylation is 1. The molecular formula is C29H44N2O2. The molecule has 0 saturated carbocycles. The van der Waals surface area contributed by atoms with Crippen LogP contribution in [0.1, 0.15) is 90.0 Å². The maximum atomic E-state index is 5.77. The molecule has 2 aromatic rings. The Kier molecular flexibility index (Phi) is 15.0. The fraction of sp³-hybridized carbons (Fsp3) is 0.586. The van der Waals surface area contributed by atoms with Crippen LogP contribution in [0.3, 0.4) is 0 Å². The molecule has 4 heteroatoms. The summed E-state index contributed by atoms with van der Waals surface area (Å²) in [5.74, 6) is 1.47. The third-order valence-electron chi connectivity index (χ3n) is 5.64. The molecule has 0 aliphatic carbocycles. The first kappa shape index (κ1) is 27.0. The van der Waals surface area contributed by atoms with Crippen molar-refractivity contribution in [3.8, 4) is 17.1 Å². The molecule has 0 bridgehead atoms. The minimum atomic E-state index is 0.661. The molecule has 4 nitrogen and oxygen atoms in total. The summed E-state index contributed by atoms with van der Waals surface area (Å²) in [6.07, 6.45) is 22.5. The lowest BCUT2D eigenvalue weighted by atomic mass is 10.0. The molecule has 0 aliphatic rings. The highest BCUT2D eigenvalue weighted by Crippen LogP contribution is 2.18. The predicted octanol–water partition coefficient (Wildman–Crippen LogP) is 7.97. The molecule has 0 atom stereocenters. The van der Waals surface area contributed by atoms with E-state index in [1.54, 1.807) is 12.4 Å². The van der Waals surface area contributed by atoms with E-state index in [9.17, 15) is 0 Å². The van der Waals surface area contributed by atoms with Gasteiger partial charge in [-0.15, -0.1) is 0 Å². The number of unbranched alkanes of at least 4 members (excludes halogenated alkanes) is 7. The van der Waals surface area contributed by atoms with Crippen molar-refractivity contribution >= 4 is 0 Å². The van der Waals surface area contributed by atoms with Gasteiger partial charge in [0.15, 0.2) is 11.6 Å². The first-order chi connectivity index (χ1) is 16.3. The van der Waals surface area contributed by atoms with Gasteiger partial charge in [-0.25, -0.2) is 9.97 Å². The molecule has 0 unspecified atom stereocenters. The van der Waals surface area contributed by atoms with Crippen LogP contribution in [-0.2, 0) is 11.2 Å². The first-order valence-corrected chi connectivity index (χ1v) is 13.1. The smallest absolute Gasteiger partial charge is 0.159 e. The maximum absolute atomic E-state index is 5.77. The number of aromatic nitrogens is 2. The monoisotopic (exact) mass is 452 g/mol. The predicted molar refractivity (Wildman–Crippen MR) is 139 cm³/mol. The molecule has 0 radical (unpaired) electrons. The largest absolute Gasteiger partial charge is 0.490 e. The van der Waals surface area contributed by atoms with Gasteiger partial charge < -0.3 is 9.47 Å². The maximum Gasteiger partial charge on any atom is 0.159 e. The van der Waals surface area contributed by atoms with E-state index in [-0.39, 0.29) is 0 Å². The highest BCUT2D eigenvalue weighted by molar-refractivity contribution is 5.55. The third-order valence-corrected chi connectivity index (χ3v) is 5.64. The topological polar surface area (TPSA) is 44.2 Å². The molecule has 0 saturated heterocycles. The van der Waals surface area contributed by atoms with Gasteiger partial charge in [0.2, 0.25) is 0 Å². The standard InChI is InChI=1S/C29H44N2O2/c1-3-5-6-7-8-9-11-15-23-33-28-24-30-29(31-25-28)27-19-17-26(18-20-27)16-13-10-12-14-22-32-21-4-2/h9,11,17-20,24-25H,3-8,10,12-16,21-23H2,1-2H3/b11-9-. The quantitative estimate of drug-likeness (QED) is 0.160. The van der Waals surface area contributed by atoms with Gasteiger partial charge in [0.1, 0.15) is 0 Å². The lowest BCUT2D eigenvalue weighted by molar-refractivity contribution is 0.130. The zero-order valence-electron chi connectivity index (χ0n) is 20.9. The minimum absolute atomic E-state index is 0.661. The van der Waals surface area contributed by atoms with Crippen LogP contribution in [0.15, 0.2) is 48.8 Å². The molecule has 1 aromatic heterocycles. The fourth-order valence-electron chi connectivity index (χ4n) is 3.66. The average molecular weight is 453 g/mol. The summed E-state index contributed by atoms with van der Waals surface area (Å²) in [5, 5.41) is 0. The van der Waals surface area contributed by atoms with Crippen molar-refractivity contribution in [1.29, 1.82) is 0 Å². The van der Waals surface area contributed by atoms with Gasteiger partial charge in [0.05, 0.1) is 19.0 Å². The van der Waals surface area contributed by atoms with E-state index in [4.69, 9.17) is 9.47 Å². The molecule has 0 amide bonds. The van der Waals surface area contributed by atoms with Crippen LogP contribution in [0.25, 0.3) is 11.4 Å². The van der Waals surface area contributed by atoms with E-state index in [1.807, 2.05) is 0 Å². The fourth-order valence-corrected chi connectivity index (χ4v) is 3.66. The number of benzene rings is 1. The summed E-state index contributed by atoms with van der Waals surface area (Å²) in [4.78, 5) is 8.97. The van der Waals surface area contributed by atoms with Crippen molar-refractivity contribution in [3.05, 3.63) is 54.4 Å². The normalized spacial score (nSPS) is 11.3. The second-order valence-electron chi connectivity index (χ2n) is 8.67. The molecule has 1 heterocycles. The van der Waals surface area contributed by atoms with Gasteiger partial charge in [0, 0.05) is 18.8 Å². The van der Waals surface area contributed by atoms with Crippen molar-refractivity contribution in [3.63, 3.8) is 0 Å². The van der Waals surface area contributed by atoms with Crippen LogP contribution < -0.4 is 4.74 Å². The third kappa shape index (κ3) is 12.6. The van der Waals surface area contributed by atoms with Gasteiger partial charge >= 0.3 is 0 Å². The van der Waals surface area contributed by atoms with Crippen LogP contribution in [0, 0.1) is 0 Å². The van der Waals surface area contributed by atoms with Crippen molar-refractivity contribution in [1.82, 2.24) is 9.97 Å². The number of allylic oxidation sites excluding steroid dienone is 1. The summed E-state index contributed by atoms with van der Waals surface area (Å²) < 4.78 is 11.3. The van der Waals surface area contributed by atoms with E-state index in [1.165, 1.54) is 63.4 Å². The SMILES string of the molecule is CCCCCC/C=C\CCOc1cnc(-c2ccc(CCCCCCOCCC)cc2)nc1. The zero-order valence-corrected chi connectivity index (χ0v) is 20.9. The average Bonchev–Trinajstić information content (AvgIpc) is 2.85. The zero-order chi connectivity index (χ0) is 23.4. The molecule has 0 fully saturated rings. The number of ether oxygens (including phenoxy) is 2. The minimum Gasteiger partial charge on any atom is -0.490 e. The van der Waals surface area contributed by atoms with Gasteiger partial charge in [-0.3, -0.25) is 0 Å². The van der Waals surface area contributed by atoms with Crippen molar-refractivity contribution < 1.29 is 9.47 Å². The second-order valence-corrected chi connectivity index (χ2v) is 8.67. The summed E-state index contributed by atoms with van der Waals surface area (Å²) in [6, 6.07) is 8.63. The van der Waals surface area contributed by atoms with Crippen LogP contribution in [0.2, 0.25) is 0 Å². The molecule has 0 spiro atoms. The van der Waals surface area contributed by atoms with Gasteiger partial charge in [-0.2, -0.15) is 0 Å². The Morgan fingerprint density at radius 2 is 1.42 bits per heavy atom. The number of hydrogen-bond acceptors (Lipinski definition) is 4. The van der Waals surface area contributed by atoms with Gasteiger partial charge in [-0.1, -0.05) is 82.4 Å². The molecule has 33 heavy (non-hydrogen) atoms. The first-order valence-electron chi connectivity index (χ1n) is 13.1. The Bertz CT molecular complexity index is 741. The number of nitrogens with zero attached hydrogens (tertiary/aromatic N) is 2. The van der Waals surface area contributed by atoms with E-state index < -0.39 is 0 Å². The van der Waals surface area contributed by atoms with Crippen molar-refractivity contribution in [2.45, 2.75) is 90.9 Å². The second kappa shape index (κ2) is 18.3. The molecule has 0 aliphatic heterocycles. The summed E-state index contributed by atoms with van der Waals surface area (Å²) in [5.41, 5.74) is 2.42. The Morgan fingerprint density at radius 3 is 2.18 bits per heavy atom. The van der Waals surface area contributed by atoms with Crippen LogP contribution in [0.4, 0.5) is 0 Å². The van der Waals surface area contributed by atoms with Crippen molar-refractivity contribution in [2.75, 3.05) is 19.8 Å². The van der Waals surface area contributed by atoms with E-state index >= 15 is 0 Å². The lowest BCUT2D eigenvalue weighted by Crippen LogP contribution is -1.98. The van der Waals surface area contributed by atoms with E-state index in [0.717, 1.165) is 49.6 Å². The van der Waals surface area contributed by atoms with Crippen molar-refractivity contribution in [2.24, 2.45) is 0 Å². The van der Waals surface area contributed by atoms with Crippen LogP contribution in [0.5, 0.6) is 5.75 Å². The molecule has 1 aromatic carbocycles. The number of hydrogen-bond donors (Lipinski definition) is 0. The van der Waals surface area contributed by atoms with E-state index in [2.05, 4.69) is 60.2 Å². The summed E-state index contributed by atoms with van der Waals surface area (Å²) >= 11 is 0. The molecular weight excluding hydrogens is 408 g/mol. The Labute approximate surface area is 201 Å². The Hall–Kier alpha value is -2.20. The highest BCUT2D eigenvalue weighted by Gasteiger charge is 2.03. The van der Waals surface area contributed by atoms with Crippen LogP contribution >= 0.6 is 0 Å². The summed E-state index contributed by atoms with van der Waals surface area (Å²) in [6.45, 7) is 6.85. The van der Waals surface area contributed by atoms with E-state index in [0.29, 0.717) is 6.61 Å². The van der Waals surface area contributed by atoms with Gasteiger partial charge in [-0.05, 0) is 50.5 Å². The lowest BCUT2D eigenvalue weighted by Gasteiger charge is -2.06.